The van der Waals surface area contributed by atoms with Crippen LogP contribution in [0.15, 0.2) is 0 Å². The van der Waals surface area contributed by atoms with Crippen LogP contribution in [0.4, 0.5) is 0 Å². The summed E-state index contributed by atoms with van der Waals surface area (Å²) in [5, 5.41) is 1.97. The molecule has 0 heterocycles. The first-order chi connectivity index (χ1) is 18.5. The Labute approximate surface area is 239 Å². The van der Waals surface area contributed by atoms with Gasteiger partial charge in [0.25, 0.3) is 0 Å². The molecule has 27 nitrogen and oxygen atoms in total. The standard InChI is InChI=1S/C8H29N3O24P8/c12-36(13,14)5(37(15,16)17)10(6(38(18,19)20)39(21,22)23)3-1-9-2-4-11(7(40(24,25)26)41(27,28)29)8(42(30,31)32)43(33,34)35/h5-9H,1-4H2,(H2,12,13,14)(H2,15,16,17)(H2,18,19,20)(H2,21,22,23)(H2,24,25,26)(H2,27,28,29)(H2,30,31,32)(H2,33,34,35). The molecule has 0 spiro atoms. The third-order valence-corrected chi connectivity index (χ3v) is 19.1. The lowest BCUT2D eigenvalue weighted by Crippen LogP contribution is -2.48. The molecule has 35 heteroatoms. The van der Waals surface area contributed by atoms with Gasteiger partial charge in [0.1, 0.15) is 0 Å². The Morgan fingerprint density at radius 3 is 0.605 bits per heavy atom. The van der Waals surface area contributed by atoms with Crippen molar-refractivity contribution in [1.82, 2.24) is 15.1 Å². The van der Waals surface area contributed by atoms with Gasteiger partial charge in [-0.05, 0) is 0 Å². The Hall–Kier alpha value is 1.08. The van der Waals surface area contributed by atoms with E-state index >= 15 is 0 Å². The van der Waals surface area contributed by atoms with Crippen molar-refractivity contribution in [3.8, 4) is 0 Å². The SMILES string of the molecule is O=P(O)(O)C(N(CCNCCN(C(P(=O)(O)O)P(=O)(O)O)C(P(=O)(O)O)P(=O)(O)O)C(P(=O)(O)O)P(=O)(O)O)P(=O)(O)O. The van der Waals surface area contributed by atoms with Crippen LogP contribution in [0.5, 0.6) is 0 Å². The van der Waals surface area contributed by atoms with Gasteiger partial charge in [-0.25, -0.2) is 0 Å². The van der Waals surface area contributed by atoms with E-state index in [9.17, 15) is 115 Å². The largest absolute Gasteiger partial charge is 0.355 e. The first-order valence-corrected chi connectivity index (χ1v) is 23.6. The van der Waals surface area contributed by atoms with Gasteiger partial charge in [0.05, 0.1) is 0 Å². The van der Waals surface area contributed by atoms with Crippen molar-refractivity contribution in [2.24, 2.45) is 0 Å². The van der Waals surface area contributed by atoms with Gasteiger partial charge in [-0.3, -0.25) is 46.3 Å². The number of nitrogens with one attached hydrogen (secondary N) is 1. The predicted molar refractivity (Wildman–Crippen MR) is 138 cm³/mol. The van der Waals surface area contributed by atoms with Crippen LogP contribution in [0, 0.1) is 0 Å². The summed E-state index contributed by atoms with van der Waals surface area (Å²) in [4.78, 5) is 149. The second kappa shape index (κ2) is 14.7. The molecule has 0 fully saturated rings. The Morgan fingerprint density at radius 1 is 0.349 bits per heavy atom. The van der Waals surface area contributed by atoms with Crippen LogP contribution in [0.1, 0.15) is 0 Å². The topological polar surface area (TPSA) is 479 Å². The summed E-state index contributed by atoms with van der Waals surface area (Å²) in [6.45, 7) is -5.34. The lowest BCUT2D eigenvalue weighted by molar-refractivity contribution is 0.196. The van der Waals surface area contributed by atoms with E-state index in [2.05, 4.69) is 0 Å². The van der Waals surface area contributed by atoms with Crippen molar-refractivity contribution in [1.29, 1.82) is 0 Å². The highest BCUT2D eigenvalue weighted by molar-refractivity contribution is 7.73. The van der Waals surface area contributed by atoms with Crippen molar-refractivity contribution >= 4 is 60.8 Å². The van der Waals surface area contributed by atoms with E-state index in [1.807, 2.05) is 5.32 Å². The van der Waals surface area contributed by atoms with Crippen molar-refractivity contribution in [2.45, 2.75) is 22.1 Å². The zero-order valence-corrected chi connectivity index (χ0v) is 27.7. The van der Waals surface area contributed by atoms with E-state index in [1.54, 1.807) is 0 Å². The molecule has 0 saturated heterocycles. The molecule has 0 aliphatic heterocycles. The summed E-state index contributed by atoms with van der Waals surface area (Å²) in [5.74, 6) is 0. The third kappa shape index (κ3) is 13.6. The molecule has 0 aliphatic carbocycles. The molecular formula is C8H29N3O24P8. The Bertz CT molecular complexity index is 1070. The highest BCUT2D eigenvalue weighted by atomic mass is 31.3. The Balaban J connectivity index is 6.66. The van der Waals surface area contributed by atoms with E-state index < -0.39 is 119 Å². The number of hydrogen-bond donors (Lipinski definition) is 17. The first-order valence-electron chi connectivity index (χ1n) is 10.1. The molecule has 0 saturated carbocycles. The third-order valence-electron chi connectivity index (χ3n) is 4.69. The summed E-state index contributed by atoms with van der Waals surface area (Å²) in [6, 6.07) is 0. The molecule has 0 aromatic rings. The molecule has 43 heavy (non-hydrogen) atoms. The van der Waals surface area contributed by atoms with Crippen LogP contribution < -0.4 is 5.32 Å². The van der Waals surface area contributed by atoms with E-state index in [0.29, 0.717) is 0 Å². The predicted octanol–water partition coefficient (Wildman–Crippen LogP) is -4.26. The first kappa shape index (κ1) is 44.1. The van der Waals surface area contributed by atoms with Gasteiger partial charge >= 0.3 is 60.8 Å². The minimum atomic E-state index is -6.22. The molecule has 260 valence electrons. The van der Waals surface area contributed by atoms with Crippen molar-refractivity contribution < 1.29 is 115 Å². The second-order valence-electron chi connectivity index (χ2n) is 8.32. The average Bonchev–Trinajstić information content (AvgIpc) is 2.57. The number of hydrogen-bond acceptors (Lipinski definition) is 11. The van der Waals surface area contributed by atoms with E-state index in [4.69, 9.17) is 0 Å². The van der Waals surface area contributed by atoms with Gasteiger partial charge in [0, 0.05) is 26.2 Å². The van der Waals surface area contributed by atoms with Crippen molar-refractivity contribution in [2.75, 3.05) is 26.2 Å². The minimum Gasteiger partial charge on any atom is -0.323 e. The Morgan fingerprint density at radius 2 is 0.488 bits per heavy atom. The summed E-state index contributed by atoms with van der Waals surface area (Å²) < 4.78 is 94.5. The van der Waals surface area contributed by atoms with Crippen LogP contribution in [0.3, 0.4) is 0 Å². The lowest BCUT2D eigenvalue weighted by Gasteiger charge is -2.38. The molecule has 0 radical (unpaired) electrons. The molecule has 0 atom stereocenters. The molecular weight excluding hydrogens is 770 g/mol. The van der Waals surface area contributed by atoms with Crippen LogP contribution in [0.2, 0.25) is 0 Å². The molecule has 0 rings (SSSR count). The van der Waals surface area contributed by atoms with Gasteiger partial charge in [0.15, 0.2) is 0 Å². The van der Waals surface area contributed by atoms with Crippen LogP contribution in [0.25, 0.3) is 0 Å². The molecule has 0 unspecified atom stereocenters. The van der Waals surface area contributed by atoms with Crippen LogP contribution in [-0.4, -0.2) is 136 Å². The maximum absolute atomic E-state index is 11.8. The fourth-order valence-corrected chi connectivity index (χ4v) is 15.8. The summed E-state index contributed by atoms with van der Waals surface area (Å²) in [5.41, 5.74) is -14.4. The van der Waals surface area contributed by atoms with E-state index in [1.165, 1.54) is 0 Å². The van der Waals surface area contributed by atoms with Gasteiger partial charge in [-0.1, -0.05) is 0 Å². The normalized spacial score (nSPS) is 15.6. The van der Waals surface area contributed by atoms with Crippen molar-refractivity contribution in [3.05, 3.63) is 0 Å². The summed E-state index contributed by atoms with van der Waals surface area (Å²) >= 11 is 0. The summed E-state index contributed by atoms with van der Waals surface area (Å²) in [6.07, 6.45) is 0. The quantitative estimate of drug-likeness (QED) is 0.0461. The number of nitrogens with zero attached hydrogens (tertiary/aromatic N) is 2. The molecule has 0 amide bonds. The fraction of sp³-hybridized carbons (Fsp3) is 1.00. The van der Waals surface area contributed by atoms with E-state index in [0.717, 1.165) is 0 Å². The van der Waals surface area contributed by atoms with Crippen LogP contribution in [-0.2, 0) is 36.5 Å². The maximum Gasteiger partial charge on any atom is 0.355 e. The Kier molecular flexibility index (Phi) is 15.1. The number of rotatable bonds is 18. The van der Waals surface area contributed by atoms with Gasteiger partial charge in [0.2, 0.25) is 22.1 Å². The zero-order valence-electron chi connectivity index (χ0n) is 20.5. The highest BCUT2D eigenvalue weighted by Gasteiger charge is 2.59. The molecule has 0 bridgehead atoms. The fourth-order valence-electron chi connectivity index (χ4n) is 3.57. The maximum atomic E-state index is 11.8. The van der Waals surface area contributed by atoms with Gasteiger partial charge in [-0.2, -0.15) is 0 Å². The lowest BCUT2D eigenvalue weighted by atomic mass is 10.5. The highest BCUT2D eigenvalue weighted by Crippen LogP contribution is 2.70. The zero-order chi connectivity index (χ0) is 35.0. The minimum absolute atomic E-state index is 0.643. The van der Waals surface area contributed by atoms with E-state index in [-0.39, 0.29) is 0 Å². The average molecular weight is 799 g/mol. The van der Waals surface area contributed by atoms with Crippen LogP contribution >= 0.6 is 60.8 Å². The van der Waals surface area contributed by atoms with Gasteiger partial charge < -0.3 is 83.6 Å². The molecule has 0 aliphatic rings. The second-order valence-corrected chi connectivity index (χ2v) is 23.3. The molecule has 0 aromatic heterocycles. The molecule has 17 N–H and O–H groups in total. The molecule has 0 aromatic carbocycles. The monoisotopic (exact) mass is 799 g/mol. The summed E-state index contributed by atoms with van der Waals surface area (Å²) in [7, 11) is -49.8. The van der Waals surface area contributed by atoms with Crippen molar-refractivity contribution in [3.63, 3.8) is 0 Å². The smallest absolute Gasteiger partial charge is 0.323 e. The van der Waals surface area contributed by atoms with Gasteiger partial charge in [-0.15, -0.1) is 0 Å².